The number of nitrogens with one attached hydrogen (secondary N) is 1. The van der Waals surface area contributed by atoms with E-state index in [0.29, 0.717) is 19.1 Å². The van der Waals surface area contributed by atoms with Gasteiger partial charge in [0.2, 0.25) is 0 Å². The lowest BCUT2D eigenvalue weighted by atomic mass is 10.1. The van der Waals surface area contributed by atoms with Gasteiger partial charge in [0.15, 0.2) is 5.96 Å². The third-order valence-electron chi connectivity index (χ3n) is 2.74. The summed E-state index contributed by atoms with van der Waals surface area (Å²) in [5, 5.41) is 3.13. The molecular weight excluding hydrogens is 377 g/mol. The first-order valence-corrected chi connectivity index (χ1v) is 7.07. The SMILES string of the molecule is Cc1cccc(C)c1OCCCN=C(N)NC(C)(C)C.I. The first-order chi connectivity index (χ1) is 9.29. The molecule has 1 aromatic carbocycles. The van der Waals surface area contributed by atoms with Gasteiger partial charge in [0, 0.05) is 18.5 Å². The third-order valence-corrected chi connectivity index (χ3v) is 2.74. The Labute approximate surface area is 145 Å². The molecule has 5 heteroatoms. The van der Waals surface area contributed by atoms with E-state index in [1.165, 1.54) is 11.1 Å². The van der Waals surface area contributed by atoms with Crippen LogP contribution in [0.2, 0.25) is 0 Å². The summed E-state index contributed by atoms with van der Waals surface area (Å²) in [6, 6.07) is 6.16. The average molecular weight is 405 g/mol. The van der Waals surface area contributed by atoms with Crippen LogP contribution in [-0.4, -0.2) is 24.7 Å². The maximum absolute atomic E-state index is 5.82. The molecule has 0 aliphatic rings. The Hall–Kier alpha value is -0.980. The standard InChI is InChI=1S/C16H27N3O.HI/c1-12-8-6-9-13(2)14(12)20-11-7-10-18-15(17)19-16(3,4)5;/h6,8-9H,7,10-11H2,1-5H3,(H3,17,18,19);1H. The molecular formula is C16H28IN3O. The van der Waals surface area contributed by atoms with Crippen LogP contribution in [0.1, 0.15) is 38.3 Å². The molecule has 0 bridgehead atoms. The summed E-state index contributed by atoms with van der Waals surface area (Å²) in [6.45, 7) is 11.6. The van der Waals surface area contributed by atoms with Crippen LogP contribution >= 0.6 is 24.0 Å². The highest BCUT2D eigenvalue weighted by Crippen LogP contribution is 2.22. The summed E-state index contributed by atoms with van der Waals surface area (Å²) >= 11 is 0. The van der Waals surface area contributed by atoms with Gasteiger partial charge in [-0.15, -0.1) is 24.0 Å². The predicted molar refractivity (Wildman–Crippen MR) is 101 cm³/mol. The van der Waals surface area contributed by atoms with Gasteiger partial charge in [-0.25, -0.2) is 0 Å². The van der Waals surface area contributed by atoms with Crippen molar-refractivity contribution in [2.75, 3.05) is 13.2 Å². The van der Waals surface area contributed by atoms with E-state index >= 15 is 0 Å². The van der Waals surface area contributed by atoms with Crippen molar-refractivity contribution >= 4 is 29.9 Å². The fourth-order valence-corrected chi connectivity index (χ4v) is 1.89. The number of nitrogens with zero attached hydrogens (tertiary/aromatic N) is 1. The molecule has 0 unspecified atom stereocenters. The van der Waals surface area contributed by atoms with Crippen molar-refractivity contribution in [3.8, 4) is 5.75 Å². The Balaban J connectivity index is 0.00000400. The van der Waals surface area contributed by atoms with Gasteiger partial charge in [-0.3, -0.25) is 4.99 Å². The monoisotopic (exact) mass is 405 g/mol. The number of benzene rings is 1. The summed E-state index contributed by atoms with van der Waals surface area (Å²) in [7, 11) is 0. The second kappa shape index (κ2) is 9.12. The van der Waals surface area contributed by atoms with Crippen molar-refractivity contribution in [3.63, 3.8) is 0 Å². The van der Waals surface area contributed by atoms with E-state index < -0.39 is 0 Å². The molecule has 0 aromatic heterocycles. The van der Waals surface area contributed by atoms with Gasteiger partial charge >= 0.3 is 0 Å². The van der Waals surface area contributed by atoms with Crippen LogP contribution in [-0.2, 0) is 0 Å². The van der Waals surface area contributed by atoms with E-state index in [4.69, 9.17) is 10.5 Å². The molecule has 4 nitrogen and oxygen atoms in total. The van der Waals surface area contributed by atoms with Gasteiger partial charge in [0.1, 0.15) is 5.75 Å². The zero-order valence-electron chi connectivity index (χ0n) is 13.7. The predicted octanol–water partition coefficient (Wildman–Crippen LogP) is 3.39. The third kappa shape index (κ3) is 8.14. The average Bonchev–Trinajstić information content (AvgIpc) is 2.29. The number of aliphatic imine (C=N–C) groups is 1. The van der Waals surface area contributed by atoms with Gasteiger partial charge < -0.3 is 15.8 Å². The van der Waals surface area contributed by atoms with E-state index in [9.17, 15) is 0 Å². The van der Waals surface area contributed by atoms with Crippen LogP contribution in [0.15, 0.2) is 23.2 Å². The molecule has 0 spiro atoms. The zero-order chi connectivity index (χ0) is 15.2. The fourth-order valence-electron chi connectivity index (χ4n) is 1.89. The highest BCUT2D eigenvalue weighted by molar-refractivity contribution is 14.0. The Kier molecular flexibility index (Phi) is 8.70. The molecule has 0 heterocycles. The van der Waals surface area contributed by atoms with Crippen molar-refractivity contribution < 1.29 is 4.74 Å². The molecule has 0 amide bonds. The number of nitrogens with two attached hydrogens (primary N) is 1. The number of hydrogen-bond donors (Lipinski definition) is 2. The minimum atomic E-state index is -0.0532. The number of rotatable bonds is 5. The number of aryl methyl sites for hydroxylation is 2. The Morgan fingerprint density at radius 2 is 1.81 bits per heavy atom. The van der Waals surface area contributed by atoms with Gasteiger partial charge in [0.05, 0.1) is 6.61 Å². The molecule has 3 N–H and O–H groups in total. The van der Waals surface area contributed by atoms with E-state index in [2.05, 4.69) is 57.1 Å². The highest BCUT2D eigenvalue weighted by atomic mass is 127. The molecule has 0 aliphatic heterocycles. The highest BCUT2D eigenvalue weighted by Gasteiger charge is 2.09. The van der Waals surface area contributed by atoms with E-state index in [1.807, 2.05) is 6.07 Å². The maximum atomic E-state index is 5.82. The normalized spacial score (nSPS) is 11.8. The zero-order valence-corrected chi connectivity index (χ0v) is 16.0. The van der Waals surface area contributed by atoms with Gasteiger partial charge in [0.25, 0.3) is 0 Å². The first kappa shape index (κ1) is 20.0. The molecule has 0 saturated carbocycles. The minimum absolute atomic E-state index is 0. The molecule has 0 atom stereocenters. The quantitative estimate of drug-likeness (QED) is 0.342. The number of hydrogen-bond acceptors (Lipinski definition) is 2. The van der Waals surface area contributed by atoms with Crippen molar-refractivity contribution in [1.82, 2.24) is 5.32 Å². The van der Waals surface area contributed by atoms with E-state index in [1.54, 1.807) is 0 Å². The molecule has 0 fully saturated rings. The lowest BCUT2D eigenvalue weighted by Gasteiger charge is -2.21. The number of ether oxygens (including phenoxy) is 1. The number of para-hydroxylation sites is 1. The lowest BCUT2D eigenvalue weighted by Crippen LogP contribution is -2.45. The molecule has 0 radical (unpaired) electrons. The molecule has 21 heavy (non-hydrogen) atoms. The summed E-state index contributed by atoms with van der Waals surface area (Å²) in [6.07, 6.45) is 0.848. The molecule has 0 saturated heterocycles. The van der Waals surface area contributed by atoms with Gasteiger partial charge in [-0.05, 0) is 45.7 Å². The number of halogens is 1. The largest absolute Gasteiger partial charge is 0.493 e. The van der Waals surface area contributed by atoms with Crippen molar-refractivity contribution in [2.45, 2.75) is 46.6 Å². The summed E-state index contributed by atoms with van der Waals surface area (Å²) in [5.74, 6) is 1.47. The lowest BCUT2D eigenvalue weighted by molar-refractivity contribution is 0.309. The smallest absolute Gasteiger partial charge is 0.188 e. The molecule has 0 aliphatic carbocycles. The summed E-state index contributed by atoms with van der Waals surface area (Å²) < 4.78 is 5.82. The molecule has 1 rings (SSSR count). The number of guanidine groups is 1. The van der Waals surface area contributed by atoms with E-state index in [-0.39, 0.29) is 29.5 Å². The van der Waals surface area contributed by atoms with Crippen LogP contribution in [0.25, 0.3) is 0 Å². The van der Waals surface area contributed by atoms with Crippen LogP contribution < -0.4 is 15.8 Å². The van der Waals surface area contributed by atoms with Crippen LogP contribution in [0.3, 0.4) is 0 Å². The second-order valence-electron chi connectivity index (χ2n) is 6.06. The van der Waals surface area contributed by atoms with Gasteiger partial charge in [-0.1, -0.05) is 18.2 Å². The van der Waals surface area contributed by atoms with Crippen LogP contribution in [0.4, 0.5) is 0 Å². The topological polar surface area (TPSA) is 59.6 Å². The van der Waals surface area contributed by atoms with E-state index in [0.717, 1.165) is 12.2 Å². The van der Waals surface area contributed by atoms with Crippen LogP contribution in [0.5, 0.6) is 5.75 Å². The summed E-state index contributed by atoms with van der Waals surface area (Å²) in [4.78, 5) is 4.29. The van der Waals surface area contributed by atoms with Crippen LogP contribution in [0, 0.1) is 13.8 Å². The Bertz CT molecular complexity index is 447. The Morgan fingerprint density at radius 1 is 1.24 bits per heavy atom. The summed E-state index contributed by atoms with van der Waals surface area (Å²) in [5.41, 5.74) is 8.08. The first-order valence-electron chi connectivity index (χ1n) is 7.07. The molecule has 120 valence electrons. The van der Waals surface area contributed by atoms with Crippen molar-refractivity contribution in [3.05, 3.63) is 29.3 Å². The van der Waals surface area contributed by atoms with Gasteiger partial charge in [-0.2, -0.15) is 0 Å². The fraction of sp³-hybridized carbons (Fsp3) is 0.562. The van der Waals surface area contributed by atoms with Crippen molar-refractivity contribution in [1.29, 1.82) is 0 Å². The van der Waals surface area contributed by atoms with Crippen molar-refractivity contribution in [2.24, 2.45) is 10.7 Å². The Morgan fingerprint density at radius 3 is 2.33 bits per heavy atom. The minimum Gasteiger partial charge on any atom is -0.493 e. The second-order valence-corrected chi connectivity index (χ2v) is 6.06. The maximum Gasteiger partial charge on any atom is 0.188 e. The molecule has 1 aromatic rings.